The van der Waals surface area contributed by atoms with Crippen molar-refractivity contribution < 1.29 is 5.11 Å². The Morgan fingerprint density at radius 3 is 2.67 bits per heavy atom. The Balaban J connectivity index is 2.00. The molecule has 2 aromatic rings. The summed E-state index contributed by atoms with van der Waals surface area (Å²) in [6.07, 6.45) is -0.703. The van der Waals surface area contributed by atoms with Gasteiger partial charge in [0.2, 0.25) is 0 Å². The standard InChI is InChI=1S/C16H16BrCl2NO/c1-10(11-3-2-4-12(17)7-11)20-9-16(21)14-8-13(18)5-6-15(14)19/h2-8,10,16,20-21H,9H2,1H3. The van der Waals surface area contributed by atoms with E-state index in [0.717, 1.165) is 10.0 Å². The smallest absolute Gasteiger partial charge is 0.0929 e. The lowest BCUT2D eigenvalue weighted by molar-refractivity contribution is 0.171. The zero-order chi connectivity index (χ0) is 15.4. The minimum absolute atomic E-state index is 0.120. The Bertz CT molecular complexity index is 621. The third-order valence-electron chi connectivity index (χ3n) is 3.28. The van der Waals surface area contributed by atoms with Crippen LogP contribution in [0.3, 0.4) is 0 Å². The topological polar surface area (TPSA) is 32.3 Å². The summed E-state index contributed by atoms with van der Waals surface area (Å²) >= 11 is 15.5. The van der Waals surface area contributed by atoms with Crippen LogP contribution in [-0.2, 0) is 0 Å². The van der Waals surface area contributed by atoms with Crippen molar-refractivity contribution in [3.8, 4) is 0 Å². The molecule has 5 heteroatoms. The van der Waals surface area contributed by atoms with E-state index in [1.807, 2.05) is 25.1 Å². The molecule has 2 aromatic carbocycles. The molecule has 0 saturated heterocycles. The summed E-state index contributed by atoms with van der Waals surface area (Å²) in [5, 5.41) is 14.6. The number of halogens is 3. The van der Waals surface area contributed by atoms with Gasteiger partial charge in [-0.2, -0.15) is 0 Å². The molecule has 21 heavy (non-hydrogen) atoms. The molecule has 0 fully saturated rings. The van der Waals surface area contributed by atoms with Gasteiger partial charge in [0.05, 0.1) is 6.10 Å². The molecule has 0 aromatic heterocycles. The Morgan fingerprint density at radius 1 is 1.19 bits per heavy atom. The third kappa shape index (κ3) is 4.70. The molecule has 0 aliphatic rings. The van der Waals surface area contributed by atoms with E-state index in [-0.39, 0.29) is 6.04 Å². The summed E-state index contributed by atoms with van der Waals surface area (Å²) in [4.78, 5) is 0. The lowest BCUT2D eigenvalue weighted by atomic mass is 10.1. The van der Waals surface area contributed by atoms with Crippen LogP contribution in [0.15, 0.2) is 46.9 Å². The Morgan fingerprint density at radius 2 is 1.95 bits per heavy atom. The van der Waals surface area contributed by atoms with E-state index in [4.69, 9.17) is 23.2 Å². The van der Waals surface area contributed by atoms with Crippen LogP contribution < -0.4 is 5.32 Å². The molecule has 0 aliphatic heterocycles. The number of benzene rings is 2. The van der Waals surface area contributed by atoms with Crippen LogP contribution in [0.5, 0.6) is 0 Å². The molecule has 0 spiro atoms. The summed E-state index contributed by atoms with van der Waals surface area (Å²) in [6.45, 7) is 2.45. The zero-order valence-electron chi connectivity index (χ0n) is 11.5. The lowest BCUT2D eigenvalue weighted by Gasteiger charge is -2.19. The van der Waals surface area contributed by atoms with E-state index in [2.05, 4.69) is 27.3 Å². The molecule has 2 N–H and O–H groups in total. The van der Waals surface area contributed by atoms with Gasteiger partial charge in [-0.1, -0.05) is 51.3 Å². The van der Waals surface area contributed by atoms with Gasteiger partial charge in [-0.15, -0.1) is 0 Å². The first-order valence-corrected chi connectivity index (χ1v) is 8.14. The minimum Gasteiger partial charge on any atom is -0.387 e. The largest absolute Gasteiger partial charge is 0.387 e. The van der Waals surface area contributed by atoms with Crippen molar-refractivity contribution in [3.63, 3.8) is 0 Å². The van der Waals surface area contributed by atoms with Crippen LogP contribution in [0.2, 0.25) is 10.0 Å². The highest BCUT2D eigenvalue weighted by molar-refractivity contribution is 9.10. The van der Waals surface area contributed by atoms with Gasteiger partial charge >= 0.3 is 0 Å². The van der Waals surface area contributed by atoms with Crippen LogP contribution in [0.1, 0.15) is 30.2 Å². The van der Waals surface area contributed by atoms with Crippen LogP contribution in [0.4, 0.5) is 0 Å². The molecule has 2 rings (SSSR count). The number of aliphatic hydroxyl groups excluding tert-OH is 1. The average Bonchev–Trinajstić information content (AvgIpc) is 2.47. The Kier molecular flexibility index (Phi) is 6.08. The molecule has 0 heterocycles. The SMILES string of the molecule is CC(NCC(O)c1cc(Cl)ccc1Cl)c1cccc(Br)c1. The fourth-order valence-corrected chi connectivity index (χ4v) is 2.90. The van der Waals surface area contributed by atoms with Crippen molar-refractivity contribution in [1.82, 2.24) is 5.32 Å². The molecular formula is C16H16BrCl2NO. The van der Waals surface area contributed by atoms with Gasteiger partial charge in [0.25, 0.3) is 0 Å². The van der Waals surface area contributed by atoms with Gasteiger partial charge in [-0.05, 0) is 42.8 Å². The number of hydrogen-bond acceptors (Lipinski definition) is 2. The molecule has 0 bridgehead atoms. The van der Waals surface area contributed by atoms with Crippen molar-refractivity contribution in [1.29, 1.82) is 0 Å². The molecule has 2 atom stereocenters. The van der Waals surface area contributed by atoms with Crippen molar-refractivity contribution in [2.45, 2.75) is 19.1 Å². The van der Waals surface area contributed by atoms with E-state index in [9.17, 15) is 5.11 Å². The summed E-state index contributed by atoms with van der Waals surface area (Å²) in [5.41, 5.74) is 1.78. The van der Waals surface area contributed by atoms with Crippen molar-refractivity contribution in [2.24, 2.45) is 0 Å². The third-order valence-corrected chi connectivity index (χ3v) is 4.36. The Hall–Kier alpha value is -0.580. The van der Waals surface area contributed by atoms with Gasteiger partial charge in [0, 0.05) is 32.7 Å². The monoisotopic (exact) mass is 387 g/mol. The molecule has 2 nitrogen and oxygen atoms in total. The van der Waals surface area contributed by atoms with Gasteiger partial charge < -0.3 is 10.4 Å². The van der Waals surface area contributed by atoms with Gasteiger partial charge in [0.1, 0.15) is 0 Å². The predicted octanol–water partition coefficient (Wildman–Crippen LogP) is 5.14. The molecule has 0 aliphatic carbocycles. The average molecular weight is 389 g/mol. The van der Waals surface area contributed by atoms with E-state index in [1.54, 1.807) is 18.2 Å². The highest BCUT2D eigenvalue weighted by Crippen LogP contribution is 2.26. The second-order valence-corrected chi connectivity index (χ2v) is 6.63. The fraction of sp³-hybridized carbons (Fsp3) is 0.250. The number of aliphatic hydroxyl groups is 1. The van der Waals surface area contributed by atoms with Crippen LogP contribution in [0, 0.1) is 0 Å². The number of hydrogen-bond donors (Lipinski definition) is 2. The summed E-state index contributed by atoms with van der Waals surface area (Å²) in [5.74, 6) is 0. The number of rotatable bonds is 5. The van der Waals surface area contributed by atoms with E-state index >= 15 is 0 Å². The van der Waals surface area contributed by atoms with Crippen molar-refractivity contribution in [2.75, 3.05) is 6.54 Å². The Labute approximate surface area is 143 Å². The molecular weight excluding hydrogens is 373 g/mol. The predicted molar refractivity (Wildman–Crippen MR) is 92.0 cm³/mol. The van der Waals surface area contributed by atoms with E-state index in [1.165, 1.54) is 0 Å². The summed E-state index contributed by atoms with van der Waals surface area (Å²) in [6, 6.07) is 13.3. The maximum absolute atomic E-state index is 10.3. The molecule has 0 saturated carbocycles. The normalized spacial score (nSPS) is 14.0. The first-order chi connectivity index (χ1) is 9.97. The van der Waals surface area contributed by atoms with Crippen LogP contribution >= 0.6 is 39.1 Å². The van der Waals surface area contributed by atoms with Gasteiger partial charge in [-0.25, -0.2) is 0 Å². The summed E-state index contributed by atoms with van der Waals surface area (Å²) in [7, 11) is 0. The fourth-order valence-electron chi connectivity index (χ4n) is 2.06. The highest BCUT2D eigenvalue weighted by Gasteiger charge is 2.14. The lowest BCUT2D eigenvalue weighted by Crippen LogP contribution is -2.24. The molecule has 0 amide bonds. The molecule has 0 radical (unpaired) electrons. The second-order valence-electron chi connectivity index (χ2n) is 4.87. The quantitative estimate of drug-likeness (QED) is 0.743. The van der Waals surface area contributed by atoms with Crippen LogP contribution in [0.25, 0.3) is 0 Å². The number of nitrogens with one attached hydrogen (secondary N) is 1. The van der Waals surface area contributed by atoms with Crippen molar-refractivity contribution >= 4 is 39.1 Å². The van der Waals surface area contributed by atoms with Crippen LogP contribution in [-0.4, -0.2) is 11.7 Å². The summed E-state index contributed by atoms with van der Waals surface area (Å²) < 4.78 is 1.03. The minimum atomic E-state index is -0.703. The first-order valence-electron chi connectivity index (χ1n) is 6.59. The molecule has 112 valence electrons. The highest BCUT2D eigenvalue weighted by atomic mass is 79.9. The van der Waals surface area contributed by atoms with E-state index in [0.29, 0.717) is 22.2 Å². The second kappa shape index (κ2) is 7.61. The zero-order valence-corrected chi connectivity index (χ0v) is 14.6. The van der Waals surface area contributed by atoms with Gasteiger partial charge in [-0.3, -0.25) is 0 Å². The van der Waals surface area contributed by atoms with E-state index < -0.39 is 6.10 Å². The first kappa shape index (κ1) is 16.8. The molecule has 2 unspecified atom stereocenters. The van der Waals surface area contributed by atoms with Gasteiger partial charge in [0.15, 0.2) is 0 Å². The maximum Gasteiger partial charge on any atom is 0.0929 e. The maximum atomic E-state index is 10.3. The van der Waals surface area contributed by atoms with Crippen molar-refractivity contribution in [3.05, 3.63) is 68.1 Å².